The van der Waals surface area contributed by atoms with Crippen LogP contribution in [0.5, 0.6) is 5.75 Å². The van der Waals surface area contributed by atoms with Crippen LogP contribution in [0.3, 0.4) is 0 Å². The molecular weight excluding hydrogens is 466 g/mol. The van der Waals surface area contributed by atoms with Gasteiger partial charge in [-0.2, -0.15) is 0 Å². The third kappa shape index (κ3) is 10.3. The maximum atomic E-state index is 10.8. The normalized spacial score (nSPS) is 11.1. The zero-order valence-corrected chi connectivity index (χ0v) is 22.2. The fourth-order valence-corrected chi connectivity index (χ4v) is 4.36. The van der Waals surface area contributed by atoms with Gasteiger partial charge in [-0.1, -0.05) is 90.4 Å². The van der Waals surface area contributed by atoms with Crippen LogP contribution < -0.4 is 4.74 Å². The van der Waals surface area contributed by atoms with E-state index in [0.29, 0.717) is 17.3 Å². The van der Waals surface area contributed by atoms with Gasteiger partial charge in [-0.15, -0.1) is 10.2 Å². The lowest BCUT2D eigenvalue weighted by Crippen LogP contribution is -1.97. The van der Waals surface area contributed by atoms with Gasteiger partial charge in [-0.3, -0.25) is 10.1 Å². The molecule has 1 heterocycles. The van der Waals surface area contributed by atoms with E-state index in [1.165, 1.54) is 95.6 Å². The second kappa shape index (κ2) is 16.5. The molecule has 200 valence electrons. The number of non-ortho nitro benzene ring substituents is 1. The summed E-state index contributed by atoms with van der Waals surface area (Å²) in [7, 11) is 0. The van der Waals surface area contributed by atoms with Gasteiger partial charge in [0, 0.05) is 23.3 Å². The summed E-state index contributed by atoms with van der Waals surface area (Å²) in [6.07, 6.45) is 18.9. The highest BCUT2D eigenvalue weighted by Crippen LogP contribution is 2.26. The first-order valence-electron chi connectivity index (χ1n) is 14.0. The summed E-state index contributed by atoms with van der Waals surface area (Å²) in [4.78, 5) is 10.4. The average molecular weight is 508 g/mol. The summed E-state index contributed by atoms with van der Waals surface area (Å²) >= 11 is 0. The monoisotopic (exact) mass is 507 g/mol. The molecular formula is C30H41N3O4. The van der Waals surface area contributed by atoms with E-state index in [9.17, 15) is 10.1 Å². The summed E-state index contributed by atoms with van der Waals surface area (Å²) < 4.78 is 11.6. The molecule has 0 aliphatic heterocycles. The fourth-order valence-electron chi connectivity index (χ4n) is 4.36. The predicted octanol–water partition coefficient (Wildman–Crippen LogP) is 9.17. The maximum absolute atomic E-state index is 10.8. The third-order valence-electron chi connectivity index (χ3n) is 6.62. The Balaban J connectivity index is 1.25. The second-order valence-electron chi connectivity index (χ2n) is 9.69. The molecule has 0 bridgehead atoms. The lowest BCUT2D eigenvalue weighted by Gasteiger charge is -2.07. The number of ether oxygens (including phenoxy) is 1. The van der Waals surface area contributed by atoms with Crippen molar-refractivity contribution < 1.29 is 14.1 Å². The highest BCUT2D eigenvalue weighted by atomic mass is 16.6. The number of nitrogens with zero attached hydrogens (tertiary/aromatic N) is 3. The number of rotatable bonds is 19. The minimum atomic E-state index is -0.438. The molecule has 0 aliphatic carbocycles. The minimum Gasteiger partial charge on any atom is -0.494 e. The lowest BCUT2D eigenvalue weighted by atomic mass is 10.0. The van der Waals surface area contributed by atoms with E-state index in [2.05, 4.69) is 17.1 Å². The number of benzene rings is 2. The Bertz CT molecular complexity index is 1030. The highest BCUT2D eigenvalue weighted by Gasteiger charge is 2.12. The number of hydrogen-bond acceptors (Lipinski definition) is 6. The van der Waals surface area contributed by atoms with Crippen molar-refractivity contribution in [2.24, 2.45) is 0 Å². The third-order valence-corrected chi connectivity index (χ3v) is 6.62. The molecule has 7 heteroatoms. The number of nitro groups is 1. The first-order valence-corrected chi connectivity index (χ1v) is 14.0. The molecule has 0 spiro atoms. The molecule has 0 N–H and O–H groups in total. The van der Waals surface area contributed by atoms with E-state index in [0.717, 1.165) is 24.3 Å². The standard InChI is InChI=1S/C30H41N3O4/c1-2-3-4-5-6-7-8-9-10-11-12-13-14-15-24-36-28-22-18-26(19-23-28)30-32-31-29(37-30)25-16-20-27(21-17-25)33(34)35/h16-23H,2-15,24H2,1H3. The quantitative estimate of drug-likeness (QED) is 0.0912. The molecule has 1 aromatic heterocycles. The Morgan fingerprint density at radius 1 is 0.676 bits per heavy atom. The van der Waals surface area contributed by atoms with Gasteiger partial charge < -0.3 is 9.15 Å². The van der Waals surface area contributed by atoms with Gasteiger partial charge in [0.25, 0.3) is 5.69 Å². The SMILES string of the molecule is CCCCCCCCCCCCCCCCOc1ccc(-c2nnc(-c3ccc([N+](=O)[O-])cc3)o2)cc1. The van der Waals surface area contributed by atoms with Gasteiger partial charge in [-0.05, 0) is 42.8 Å². The van der Waals surface area contributed by atoms with E-state index < -0.39 is 4.92 Å². The number of nitro benzene ring substituents is 1. The summed E-state index contributed by atoms with van der Waals surface area (Å²) in [5.41, 5.74) is 1.45. The van der Waals surface area contributed by atoms with Crippen molar-refractivity contribution in [1.82, 2.24) is 10.2 Å². The molecule has 0 aliphatic rings. The zero-order chi connectivity index (χ0) is 26.1. The van der Waals surface area contributed by atoms with Gasteiger partial charge in [0.15, 0.2) is 0 Å². The zero-order valence-electron chi connectivity index (χ0n) is 22.2. The van der Waals surface area contributed by atoms with Gasteiger partial charge >= 0.3 is 0 Å². The molecule has 2 aromatic carbocycles. The Hall–Kier alpha value is -3.22. The van der Waals surface area contributed by atoms with Gasteiger partial charge in [-0.25, -0.2) is 0 Å². The molecule has 3 aromatic rings. The van der Waals surface area contributed by atoms with Crippen LogP contribution >= 0.6 is 0 Å². The molecule has 0 unspecified atom stereocenters. The van der Waals surface area contributed by atoms with E-state index >= 15 is 0 Å². The molecule has 0 atom stereocenters. The van der Waals surface area contributed by atoms with Gasteiger partial charge in [0.05, 0.1) is 11.5 Å². The fraction of sp³-hybridized carbons (Fsp3) is 0.533. The molecule has 7 nitrogen and oxygen atoms in total. The van der Waals surface area contributed by atoms with Crippen LogP contribution in [0.25, 0.3) is 22.9 Å². The second-order valence-corrected chi connectivity index (χ2v) is 9.69. The molecule has 3 rings (SSSR count). The Labute approximate surface area is 220 Å². The van der Waals surface area contributed by atoms with Crippen molar-refractivity contribution in [3.05, 3.63) is 58.6 Å². The number of unbranched alkanes of at least 4 members (excludes halogenated alkanes) is 13. The highest BCUT2D eigenvalue weighted by molar-refractivity contribution is 5.59. The van der Waals surface area contributed by atoms with Crippen molar-refractivity contribution in [2.45, 2.75) is 96.8 Å². The smallest absolute Gasteiger partial charge is 0.269 e. The summed E-state index contributed by atoms with van der Waals surface area (Å²) in [6.45, 7) is 3.00. The van der Waals surface area contributed by atoms with Gasteiger partial charge in [0.1, 0.15) is 5.75 Å². The molecule has 37 heavy (non-hydrogen) atoms. The summed E-state index contributed by atoms with van der Waals surface area (Å²) in [5.74, 6) is 1.54. The van der Waals surface area contributed by atoms with Crippen LogP contribution in [-0.4, -0.2) is 21.7 Å². The molecule has 0 saturated heterocycles. The topological polar surface area (TPSA) is 91.3 Å². The predicted molar refractivity (Wildman–Crippen MR) is 148 cm³/mol. The lowest BCUT2D eigenvalue weighted by molar-refractivity contribution is -0.384. The Morgan fingerprint density at radius 2 is 1.11 bits per heavy atom. The van der Waals surface area contributed by atoms with Crippen LogP contribution in [0.1, 0.15) is 96.8 Å². The van der Waals surface area contributed by atoms with Gasteiger partial charge in [0.2, 0.25) is 11.8 Å². The van der Waals surface area contributed by atoms with E-state index in [4.69, 9.17) is 9.15 Å². The van der Waals surface area contributed by atoms with Crippen LogP contribution in [0.4, 0.5) is 5.69 Å². The van der Waals surface area contributed by atoms with E-state index in [-0.39, 0.29) is 5.69 Å². The molecule has 0 amide bonds. The first-order chi connectivity index (χ1) is 18.2. The van der Waals surface area contributed by atoms with Crippen LogP contribution in [0, 0.1) is 10.1 Å². The molecule has 0 fully saturated rings. The maximum Gasteiger partial charge on any atom is 0.269 e. The molecule has 0 radical (unpaired) electrons. The van der Waals surface area contributed by atoms with Crippen molar-refractivity contribution in [3.8, 4) is 28.7 Å². The minimum absolute atomic E-state index is 0.0214. The largest absolute Gasteiger partial charge is 0.494 e. The number of hydrogen-bond donors (Lipinski definition) is 0. The van der Waals surface area contributed by atoms with E-state index in [1.54, 1.807) is 12.1 Å². The van der Waals surface area contributed by atoms with Crippen molar-refractivity contribution in [3.63, 3.8) is 0 Å². The Morgan fingerprint density at radius 3 is 1.57 bits per heavy atom. The van der Waals surface area contributed by atoms with Crippen LogP contribution in [0.15, 0.2) is 52.9 Å². The number of aromatic nitrogens is 2. The van der Waals surface area contributed by atoms with Crippen molar-refractivity contribution in [2.75, 3.05) is 6.61 Å². The van der Waals surface area contributed by atoms with Crippen molar-refractivity contribution >= 4 is 5.69 Å². The Kier molecular flexibility index (Phi) is 12.7. The summed E-state index contributed by atoms with van der Waals surface area (Å²) in [5, 5.41) is 19.0. The first kappa shape index (κ1) is 28.4. The van der Waals surface area contributed by atoms with Crippen molar-refractivity contribution in [1.29, 1.82) is 0 Å². The van der Waals surface area contributed by atoms with E-state index in [1.807, 2.05) is 24.3 Å². The molecule has 0 saturated carbocycles. The van der Waals surface area contributed by atoms with Crippen LogP contribution in [-0.2, 0) is 0 Å². The van der Waals surface area contributed by atoms with Crippen LogP contribution in [0.2, 0.25) is 0 Å². The summed E-state index contributed by atoms with van der Waals surface area (Å²) in [6, 6.07) is 13.7. The average Bonchev–Trinajstić information content (AvgIpc) is 3.42.